The molecule has 0 N–H and O–H groups in total. The number of benzene rings is 1. The topological polar surface area (TPSA) is 61.3 Å². The Morgan fingerprint density at radius 2 is 1.94 bits per heavy atom. The van der Waals surface area contributed by atoms with E-state index in [1.165, 1.54) is 19.5 Å². The second kappa shape index (κ2) is 5.27. The number of aromatic nitrogens is 2. The van der Waals surface area contributed by atoms with Crippen molar-refractivity contribution in [1.29, 1.82) is 0 Å². The molecule has 5 nitrogen and oxygen atoms in total. The molecule has 1 aromatic heterocycles. The van der Waals surface area contributed by atoms with Gasteiger partial charge in [-0.25, -0.2) is 0 Å². The third-order valence-corrected chi connectivity index (χ3v) is 2.50. The van der Waals surface area contributed by atoms with Gasteiger partial charge in [0.05, 0.1) is 32.2 Å². The van der Waals surface area contributed by atoms with Crippen molar-refractivity contribution >= 4 is 5.78 Å². The minimum absolute atomic E-state index is 0.180. The van der Waals surface area contributed by atoms with Crippen LogP contribution in [0.3, 0.4) is 0 Å². The summed E-state index contributed by atoms with van der Waals surface area (Å²) in [6, 6.07) is 6.68. The Morgan fingerprint density at radius 1 is 1.11 bits per heavy atom. The Kier molecular flexibility index (Phi) is 3.52. The van der Waals surface area contributed by atoms with Crippen molar-refractivity contribution in [2.45, 2.75) is 0 Å². The lowest BCUT2D eigenvalue weighted by molar-refractivity contribution is 0.103. The average Bonchev–Trinajstić information content (AvgIpc) is 2.46. The molecule has 0 atom stereocenters. The first-order valence-corrected chi connectivity index (χ1v) is 5.29. The maximum absolute atomic E-state index is 12.3. The maximum Gasteiger partial charge on any atom is 0.198 e. The molecule has 0 aliphatic carbocycles. The lowest BCUT2D eigenvalue weighted by Gasteiger charge is -2.09. The summed E-state index contributed by atoms with van der Waals surface area (Å²) >= 11 is 0. The van der Waals surface area contributed by atoms with E-state index in [2.05, 4.69) is 10.2 Å². The summed E-state index contributed by atoms with van der Waals surface area (Å²) in [5.41, 5.74) is 0.890. The molecule has 0 aliphatic rings. The molecule has 0 bridgehead atoms. The summed E-state index contributed by atoms with van der Waals surface area (Å²) in [6.07, 6.45) is 2.89. The Balaban J connectivity index is 2.46. The van der Waals surface area contributed by atoms with E-state index in [4.69, 9.17) is 9.47 Å². The summed E-state index contributed by atoms with van der Waals surface area (Å²) < 4.78 is 10.3. The first kappa shape index (κ1) is 12.0. The number of carbonyl (C=O) groups excluding carboxylic acids is 1. The molecule has 0 radical (unpaired) electrons. The van der Waals surface area contributed by atoms with Crippen LogP contribution in [0.4, 0.5) is 0 Å². The molecule has 92 valence electrons. The minimum Gasteiger partial charge on any atom is -0.497 e. The highest BCUT2D eigenvalue weighted by molar-refractivity contribution is 6.10. The van der Waals surface area contributed by atoms with E-state index < -0.39 is 0 Å². The van der Waals surface area contributed by atoms with Crippen LogP contribution in [0.25, 0.3) is 0 Å². The Labute approximate surface area is 104 Å². The molecule has 2 aromatic rings. The molecule has 18 heavy (non-hydrogen) atoms. The molecular formula is C13H12N2O3. The molecule has 0 fully saturated rings. The molecule has 5 heteroatoms. The third kappa shape index (κ3) is 2.29. The molecule has 0 saturated heterocycles. The van der Waals surface area contributed by atoms with Crippen LogP contribution in [0, 0.1) is 0 Å². The van der Waals surface area contributed by atoms with Gasteiger partial charge in [-0.1, -0.05) is 0 Å². The number of hydrogen-bond donors (Lipinski definition) is 0. The van der Waals surface area contributed by atoms with Crippen molar-refractivity contribution in [2.75, 3.05) is 14.2 Å². The number of ketones is 1. The highest BCUT2D eigenvalue weighted by Gasteiger charge is 2.15. The fraction of sp³-hybridized carbons (Fsp3) is 0.154. The first-order valence-electron chi connectivity index (χ1n) is 5.29. The Hall–Kier alpha value is -2.43. The number of ether oxygens (including phenoxy) is 2. The molecule has 0 unspecified atom stereocenters. The predicted molar refractivity (Wildman–Crippen MR) is 65.0 cm³/mol. The van der Waals surface area contributed by atoms with Crippen molar-refractivity contribution in [2.24, 2.45) is 0 Å². The number of rotatable bonds is 4. The largest absolute Gasteiger partial charge is 0.497 e. The molecular weight excluding hydrogens is 232 g/mol. The van der Waals surface area contributed by atoms with Gasteiger partial charge in [0, 0.05) is 5.56 Å². The van der Waals surface area contributed by atoms with E-state index in [1.807, 2.05) is 0 Å². The molecule has 1 aromatic carbocycles. The molecule has 0 aliphatic heterocycles. The van der Waals surface area contributed by atoms with Gasteiger partial charge in [0.25, 0.3) is 0 Å². The van der Waals surface area contributed by atoms with Crippen LogP contribution >= 0.6 is 0 Å². The second-order valence-corrected chi connectivity index (χ2v) is 3.53. The zero-order chi connectivity index (χ0) is 13.0. The van der Waals surface area contributed by atoms with Crippen LogP contribution in [-0.2, 0) is 0 Å². The van der Waals surface area contributed by atoms with Crippen LogP contribution in [-0.4, -0.2) is 30.2 Å². The lowest BCUT2D eigenvalue weighted by atomic mass is 10.0. The van der Waals surface area contributed by atoms with Gasteiger partial charge in [-0.3, -0.25) is 4.79 Å². The van der Waals surface area contributed by atoms with Gasteiger partial charge in [0.15, 0.2) is 5.78 Å². The summed E-state index contributed by atoms with van der Waals surface area (Å²) in [5, 5.41) is 7.33. The zero-order valence-electron chi connectivity index (χ0n) is 10.1. The fourth-order valence-corrected chi connectivity index (χ4v) is 1.57. The van der Waals surface area contributed by atoms with Crippen molar-refractivity contribution in [3.8, 4) is 11.5 Å². The zero-order valence-corrected chi connectivity index (χ0v) is 10.1. The Bertz CT molecular complexity index is 555. The van der Waals surface area contributed by atoms with Gasteiger partial charge in [-0.2, -0.15) is 10.2 Å². The summed E-state index contributed by atoms with van der Waals surface area (Å²) in [7, 11) is 3.06. The van der Waals surface area contributed by atoms with Gasteiger partial charge >= 0.3 is 0 Å². The van der Waals surface area contributed by atoms with Crippen LogP contribution in [0.5, 0.6) is 11.5 Å². The summed E-state index contributed by atoms with van der Waals surface area (Å²) in [6.45, 7) is 0. The quantitative estimate of drug-likeness (QED) is 0.766. The molecule has 2 rings (SSSR count). The lowest BCUT2D eigenvalue weighted by Crippen LogP contribution is -2.05. The van der Waals surface area contributed by atoms with E-state index in [0.717, 1.165) is 0 Å². The van der Waals surface area contributed by atoms with Crippen molar-refractivity contribution < 1.29 is 14.3 Å². The van der Waals surface area contributed by atoms with E-state index in [-0.39, 0.29) is 5.78 Å². The van der Waals surface area contributed by atoms with E-state index in [9.17, 15) is 4.79 Å². The van der Waals surface area contributed by atoms with E-state index in [0.29, 0.717) is 22.6 Å². The SMILES string of the molecule is COc1ccc(OC)c(C(=O)c2ccnnc2)c1. The standard InChI is InChI=1S/C13H12N2O3/c1-17-10-3-4-12(18-2)11(7-10)13(16)9-5-6-14-15-8-9/h3-8H,1-2H3. The Morgan fingerprint density at radius 3 is 2.56 bits per heavy atom. The van der Waals surface area contributed by atoms with Gasteiger partial charge in [-0.05, 0) is 24.3 Å². The van der Waals surface area contributed by atoms with Gasteiger partial charge in [0.2, 0.25) is 0 Å². The van der Waals surface area contributed by atoms with E-state index in [1.54, 1.807) is 31.4 Å². The second-order valence-electron chi connectivity index (χ2n) is 3.53. The highest BCUT2D eigenvalue weighted by atomic mass is 16.5. The monoisotopic (exact) mass is 244 g/mol. The summed E-state index contributed by atoms with van der Waals surface area (Å²) in [5.74, 6) is 0.916. The van der Waals surface area contributed by atoms with Crippen molar-refractivity contribution in [3.63, 3.8) is 0 Å². The molecule has 0 spiro atoms. The average molecular weight is 244 g/mol. The van der Waals surface area contributed by atoms with E-state index >= 15 is 0 Å². The summed E-state index contributed by atoms with van der Waals surface area (Å²) in [4.78, 5) is 12.3. The van der Waals surface area contributed by atoms with Crippen LogP contribution in [0.2, 0.25) is 0 Å². The molecule has 0 saturated carbocycles. The maximum atomic E-state index is 12.3. The van der Waals surface area contributed by atoms with Gasteiger partial charge < -0.3 is 9.47 Å². The third-order valence-electron chi connectivity index (χ3n) is 2.50. The van der Waals surface area contributed by atoms with Crippen LogP contribution in [0.15, 0.2) is 36.7 Å². The van der Waals surface area contributed by atoms with Crippen LogP contribution in [0.1, 0.15) is 15.9 Å². The molecule has 0 amide bonds. The van der Waals surface area contributed by atoms with Gasteiger partial charge in [-0.15, -0.1) is 0 Å². The number of methoxy groups -OCH3 is 2. The smallest absolute Gasteiger partial charge is 0.198 e. The van der Waals surface area contributed by atoms with Gasteiger partial charge in [0.1, 0.15) is 11.5 Å². The number of hydrogen-bond acceptors (Lipinski definition) is 5. The number of carbonyl (C=O) groups is 1. The van der Waals surface area contributed by atoms with Crippen molar-refractivity contribution in [3.05, 3.63) is 47.8 Å². The fourth-order valence-electron chi connectivity index (χ4n) is 1.57. The number of nitrogens with zero attached hydrogens (tertiary/aromatic N) is 2. The minimum atomic E-state index is -0.180. The highest BCUT2D eigenvalue weighted by Crippen LogP contribution is 2.26. The molecule has 1 heterocycles. The van der Waals surface area contributed by atoms with Crippen LogP contribution < -0.4 is 9.47 Å². The predicted octanol–water partition coefficient (Wildman–Crippen LogP) is 1.72. The normalized spacial score (nSPS) is 9.89. The van der Waals surface area contributed by atoms with Crippen molar-refractivity contribution in [1.82, 2.24) is 10.2 Å². The first-order chi connectivity index (χ1) is 8.76.